The van der Waals surface area contributed by atoms with Crippen molar-refractivity contribution in [3.05, 3.63) is 0 Å². The van der Waals surface area contributed by atoms with Crippen LogP contribution < -0.4 is 11.1 Å². The maximum atomic E-state index is 11.9. The van der Waals surface area contributed by atoms with Crippen LogP contribution in [0.3, 0.4) is 0 Å². The molecule has 1 fully saturated rings. The van der Waals surface area contributed by atoms with Crippen molar-refractivity contribution in [2.45, 2.75) is 58.9 Å². The number of amides is 1. The van der Waals surface area contributed by atoms with Crippen molar-refractivity contribution in [3.63, 3.8) is 0 Å². The van der Waals surface area contributed by atoms with Crippen molar-refractivity contribution in [1.29, 1.82) is 0 Å². The van der Waals surface area contributed by atoms with Crippen LogP contribution in [0.1, 0.15) is 52.9 Å². The zero-order valence-electron chi connectivity index (χ0n) is 14.0. The van der Waals surface area contributed by atoms with E-state index in [0.29, 0.717) is 11.3 Å². The minimum Gasteiger partial charge on any atom is -0.354 e. The van der Waals surface area contributed by atoms with Crippen LogP contribution >= 0.6 is 24.2 Å². The van der Waals surface area contributed by atoms with Gasteiger partial charge < -0.3 is 11.1 Å². The lowest BCUT2D eigenvalue weighted by atomic mass is 9.70. The first-order valence-corrected chi connectivity index (χ1v) is 9.26. The molecule has 0 heterocycles. The van der Waals surface area contributed by atoms with Gasteiger partial charge >= 0.3 is 0 Å². The highest BCUT2D eigenvalue weighted by molar-refractivity contribution is 7.98. The van der Waals surface area contributed by atoms with Gasteiger partial charge in [0.25, 0.3) is 0 Å². The first kappa shape index (κ1) is 21.1. The molecule has 1 aliphatic carbocycles. The van der Waals surface area contributed by atoms with Crippen molar-refractivity contribution in [3.8, 4) is 0 Å². The molecule has 0 unspecified atom stereocenters. The Bertz CT molecular complexity index is 299. The number of halogens is 1. The smallest absolute Gasteiger partial charge is 0.236 e. The number of nitrogens with two attached hydrogens (primary N) is 1. The highest BCUT2D eigenvalue weighted by atomic mass is 35.5. The third-order valence-corrected chi connectivity index (χ3v) is 5.25. The van der Waals surface area contributed by atoms with Crippen LogP contribution in [-0.2, 0) is 4.79 Å². The van der Waals surface area contributed by atoms with Crippen LogP contribution in [0, 0.1) is 17.3 Å². The Morgan fingerprint density at radius 1 is 1.29 bits per heavy atom. The van der Waals surface area contributed by atoms with Gasteiger partial charge in [0.15, 0.2) is 0 Å². The molecule has 0 aromatic heterocycles. The number of hydrogen-bond acceptors (Lipinski definition) is 3. The fourth-order valence-corrected chi connectivity index (χ4v) is 3.47. The fourth-order valence-electron chi connectivity index (χ4n) is 2.98. The molecule has 3 nitrogen and oxygen atoms in total. The van der Waals surface area contributed by atoms with E-state index in [-0.39, 0.29) is 24.4 Å². The topological polar surface area (TPSA) is 55.1 Å². The van der Waals surface area contributed by atoms with Gasteiger partial charge in [-0.1, -0.05) is 20.8 Å². The molecule has 126 valence electrons. The van der Waals surface area contributed by atoms with Crippen molar-refractivity contribution in [1.82, 2.24) is 5.32 Å². The van der Waals surface area contributed by atoms with Crippen molar-refractivity contribution < 1.29 is 4.79 Å². The van der Waals surface area contributed by atoms with Gasteiger partial charge in [-0.05, 0) is 61.4 Å². The summed E-state index contributed by atoms with van der Waals surface area (Å²) in [5.74, 6) is 2.45. The van der Waals surface area contributed by atoms with Gasteiger partial charge in [-0.3, -0.25) is 4.79 Å². The van der Waals surface area contributed by atoms with Crippen LogP contribution in [0.25, 0.3) is 0 Å². The molecule has 0 saturated heterocycles. The molecule has 0 spiro atoms. The average molecular weight is 337 g/mol. The van der Waals surface area contributed by atoms with Crippen molar-refractivity contribution >= 4 is 30.1 Å². The molecule has 1 aliphatic rings. The number of thioether (sulfide) groups is 1. The van der Waals surface area contributed by atoms with E-state index >= 15 is 0 Å². The Balaban J connectivity index is 0.00000400. The maximum Gasteiger partial charge on any atom is 0.236 e. The predicted octanol–water partition coefficient (Wildman–Crippen LogP) is 3.46. The average Bonchev–Trinajstić information content (AvgIpc) is 2.41. The van der Waals surface area contributed by atoms with Gasteiger partial charge in [-0.2, -0.15) is 11.8 Å². The lowest BCUT2D eigenvalue weighted by Crippen LogP contribution is -2.43. The third kappa shape index (κ3) is 7.75. The number of nitrogens with one attached hydrogen (secondary N) is 1. The zero-order valence-corrected chi connectivity index (χ0v) is 15.6. The number of carbonyl (C=O) groups excluding carboxylic acids is 1. The molecular formula is C16H33ClN2OS. The lowest BCUT2D eigenvalue weighted by Gasteiger charge is -2.37. The number of carbonyl (C=O) groups is 1. The summed E-state index contributed by atoms with van der Waals surface area (Å²) in [6.45, 7) is 7.82. The van der Waals surface area contributed by atoms with E-state index in [1.165, 1.54) is 25.7 Å². The van der Waals surface area contributed by atoms with Gasteiger partial charge in [0.05, 0.1) is 6.04 Å². The Morgan fingerprint density at radius 3 is 2.33 bits per heavy atom. The van der Waals surface area contributed by atoms with Crippen LogP contribution in [-0.4, -0.2) is 30.5 Å². The molecule has 0 aliphatic heterocycles. The highest BCUT2D eigenvalue weighted by Crippen LogP contribution is 2.39. The highest BCUT2D eigenvalue weighted by Gasteiger charge is 2.29. The summed E-state index contributed by atoms with van der Waals surface area (Å²) in [5, 5.41) is 3.04. The summed E-state index contributed by atoms with van der Waals surface area (Å²) in [7, 11) is 0. The Hall–Kier alpha value is 0.0700. The number of rotatable bonds is 6. The van der Waals surface area contributed by atoms with E-state index in [1.54, 1.807) is 11.8 Å². The summed E-state index contributed by atoms with van der Waals surface area (Å²) >= 11 is 1.74. The van der Waals surface area contributed by atoms with Crippen LogP contribution in [0.2, 0.25) is 0 Å². The maximum absolute atomic E-state index is 11.9. The molecule has 0 bridgehead atoms. The van der Waals surface area contributed by atoms with Gasteiger partial charge in [0.2, 0.25) is 5.91 Å². The minimum absolute atomic E-state index is 0. The number of hydrogen-bond donors (Lipinski definition) is 2. The van der Waals surface area contributed by atoms with E-state index in [9.17, 15) is 4.79 Å². The van der Waals surface area contributed by atoms with E-state index in [0.717, 1.165) is 24.6 Å². The van der Waals surface area contributed by atoms with Gasteiger partial charge in [-0.15, -0.1) is 12.4 Å². The fraction of sp³-hybridized carbons (Fsp3) is 0.938. The predicted molar refractivity (Wildman–Crippen MR) is 96.1 cm³/mol. The lowest BCUT2D eigenvalue weighted by molar-refractivity contribution is -0.122. The van der Waals surface area contributed by atoms with Gasteiger partial charge in [0, 0.05) is 6.54 Å². The second-order valence-corrected chi connectivity index (χ2v) is 8.20. The molecule has 3 N–H and O–H groups in total. The van der Waals surface area contributed by atoms with E-state index < -0.39 is 0 Å². The standard InChI is InChI=1S/C16H32N2OS.ClH/c1-16(2,3)13-7-5-12(6-8-13)11-18-15(19)14(17)9-10-20-4;/h12-14H,5-11,17H2,1-4H3,(H,18,19);1H/t12?,13?,14-;/m0./s1. The Morgan fingerprint density at radius 2 is 1.86 bits per heavy atom. The largest absolute Gasteiger partial charge is 0.354 e. The molecule has 1 amide bonds. The van der Waals surface area contributed by atoms with E-state index in [1.807, 2.05) is 6.26 Å². The normalized spacial score (nSPS) is 24.0. The van der Waals surface area contributed by atoms with Crippen molar-refractivity contribution in [2.24, 2.45) is 23.0 Å². The van der Waals surface area contributed by atoms with Gasteiger partial charge in [-0.25, -0.2) is 0 Å². The summed E-state index contributed by atoms with van der Waals surface area (Å²) < 4.78 is 0. The molecule has 5 heteroatoms. The van der Waals surface area contributed by atoms with E-state index in [2.05, 4.69) is 26.1 Å². The SMILES string of the molecule is CSCC[C@H](N)C(=O)NCC1CCC(C(C)(C)C)CC1.Cl. The monoisotopic (exact) mass is 336 g/mol. The molecule has 0 aromatic rings. The molecule has 0 aromatic carbocycles. The second kappa shape index (κ2) is 9.96. The molecule has 1 rings (SSSR count). The Kier molecular flexibility index (Phi) is 9.99. The van der Waals surface area contributed by atoms with Gasteiger partial charge in [0.1, 0.15) is 0 Å². The molecule has 21 heavy (non-hydrogen) atoms. The van der Waals surface area contributed by atoms with Crippen LogP contribution in [0.15, 0.2) is 0 Å². The zero-order chi connectivity index (χ0) is 15.2. The molecular weight excluding hydrogens is 304 g/mol. The van der Waals surface area contributed by atoms with Crippen molar-refractivity contribution in [2.75, 3.05) is 18.6 Å². The first-order chi connectivity index (χ1) is 9.34. The second-order valence-electron chi connectivity index (χ2n) is 7.22. The Labute approximate surface area is 141 Å². The summed E-state index contributed by atoms with van der Waals surface area (Å²) in [5.41, 5.74) is 6.30. The van der Waals surface area contributed by atoms with Crippen LogP contribution in [0.4, 0.5) is 0 Å². The summed E-state index contributed by atoms with van der Waals surface area (Å²) in [6, 6.07) is -0.339. The molecule has 1 saturated carbocycles. The minimum atomic E-state index is -0.339. The summed E-state index contributed by atoms with van der Waals surface area (Å²) in [4.78, 5) is 11.9. The molecule has 0 radical (unpaired) electrons. The van der Waals surface area contributed by atoms with E-state index in [4.69, 9.17) is 5.73 Å². The summed E-state index contributed by atoms with van der Waals surface area (Å²) in [6.07, 6.45) is 7.87. The quantitative estimate of drug-likeness (QED) is 0.781. The third-order valence-electron chi connectivity index (χ3n) is 4.61. The molecule has 1 atom stereocenters. The van der Waals surface area contributed by atoms with Crippen LogP contribution in [0.5, 0.6) is 0 Å². The first-order valence-electron chi connectivity index (χ1n) is 7.86.